The summed E-state index contributed by atoms with van der Waals surface area (Å²) in [4.78, 5) is 36.3. The molecule has 0 aliphatic rings. The number of amides is 2. The zero-order valence-electron chi connectivity index (χ0n) is 22.7. The van der Waals surface area contributed by atoms with Gasteiger partial charge in [-0.25, -0.2) is 14.6 Å². The first-order valence-electron chi connectivity index (χ1n) is 13.1. The SMILES string of the molecule is [C-]#[N+]c1c(-c2cccc(OC)c2)nc(SCc2ccc(NC(=O)NC(c3ccccc3)c3ccccc3)cc2)[nH]c1=O. The van der Waals surface area contributed by atoms with Gasteiger partial charge in [0.2, 0.25) is 0 Å². The number of anilines is 1. The third kappa shape index (κ3) is 6.86. The van der Waals surface area contributed by atoms with Crippen LogP contribution in [0.15, 0.2) is 119 Å². The largest absolute Gasteiger partial charge is 0.497 e. The second-order valence-electron chi connectivity index (χ2n) is 9.25. The molecule has 4 aromatic carbocycles. The number of ether oxygens (including phenoxy) is 1. The molecule has 1 aromatic heterocycles. The molecule has 42 heavy (non-hydrogen) atoms. The molecule has 0 unspecified atom stereocenters. The number of benzene rings is 4. The standard InChI is InChI=1S/C33H27N5O3S/c1-34-30-29(25-14-9-15-27(20-25)41-2)37-33(38-31(30)39)42-21-22-16-18-26(19-17-22)35-32(40)36-28(23-10-5-3-6-11-23)24-12-7-4-8-13-24/h3-20,28H,21H2,2H3,(H2,35,36,40)(H,37,38,39). The molecule has 2 amide bonds. The van der Waals surface area contributed by atoms with Crippen molar-refractivity contribution in [2.24, 2.45) is 0 Å². The lowest BCUT2D eigenvalue weighted by atomic mass is 9.99. The highest BCUT2D eigenvalue weighted by Gasteiger charge is 2.17. The minimum atomic E-state index is -0.491. The van der Waals surface area contributed by atoms with Crippen molar-refractivity contribution >= 4 is 29.2 Å². The van der Waals surface area contributed by atoms with Crippen molar-refractivity contribution in [3.05, 3.63) is 148 Å². The Kier molecular flexibility index (Phi) is 8.97. The zero-order valence-corrected chi connectivity index (χ0v) is 23.5. The van der Waals surface area contributed by atoms with E-state index in [1.54, 1.807) is 31.4 Å². The van der Waals surface area contributed by atoms with Crippen LogP contribution in [0.2, 0.25) is 0 Å². The number of aromatic nitrogens is 2. The van der Waals surface area contributed by atoms with Gasteiger partial charge in [-0.2, -0.15) is 0 Å². The van der Waals surface area contributed by atoms with Crippen molar-refractivity contribution in [1.82, 2.24) is 15.3 Å². The lowest BCUT2D eigenvalue weighted by molar-refractivity contribution is 0.250. The van der Waals surface area contributed by atoms with E-state index in [1.807, 2.05) is 84.9 Å². The highest BCUT2D eigenvalue weighted by atomic mass is 32.2. The summed E-state index contributed by atoms with van der Waals surface area (Å²) in [6, 6.07) is 33.6. The number of carbonyl (C=O) groups excluding carboxylic acids is 1. The molecule has 0 bridgehead atoms. The van der Waals surface area contributed by atoms with Crippen molar-refractivity contribution in [1.29, 1.82) is 0 Å². The van der Waals surface area contributed by atoms with E-state index in [4.69, 9.17) is 11.3 Å². The van der Waals surface area contributed by atoms with Crippen LogP contribution in [0.4, 0.5) is 16.2 Å². The number of aromatic amines is 1. The van der Waals surface area contributed by atoms with E-state index in [0.29, 0.717) is 33.6 Å². The third-order valence-electron chi connectivity index (χ3n) is 6.46. The van der Waals surface area contributed by atoms with Crippen molar-refractivity contribution in [3.8, 4) is 17.0 Å². The summed E-state index contributed by atoms with van der Waals surface area (Å²) in [5, 5.41) is 6.39. The average molecular weight is 574 g/mol. The molecule has 0 radical (unpaired) electrons. The van der Waals surface area contributed by atoms with Crippen LogP contribution in [0.3, 0.4) is 0 Å². The van der Waals surface area contributed by atoms with Gasteiger partial charge in [0.1, 0.15) is 5.75 Å². The quantitative estimate of drug-likeness (QED) is 0.0984. The molecule has 0 aliphatic carbocycles. The van der Waals surface area contributed by atoms with Gasteiger partial charge < -0.3 is 20.4 Å². The number of carbonyl (C=O) groups is 1. The van der Waals surface area contributed by atoms with Crippen LogP contribution >= 0.6 is 11.8 Å². The second-order valence-corrected chi connectivity index (χ2v) is 10.2. The first-order chi connectivity index (χ1) is 20.5. The van der Waals surface area contributed by atoms with E-state index in [2.05, 4.69) is 25.4 Å². The summed E-state index contributed by atoms with van der Waals surface area (Å²) in [6.07, 6.45) is 0. The molecule has 0 saturated heterocycles. The number of hydrogen-bond acceptors (Lipinski definition) is 5. The highest BCUT2D eigenvalue weighted by molar-refractivity contribution is 7.98. The summed E-state index contributed by atoms with van der Waals surface area (Å²) in [5.74, 6) is 1.13. The van der Waals surface area contributed by atoms with E-state index in [9.17, 15) is 9.59 Å². The maximum Gasteiger partial charge on any atom is 0.319 e. The maximum atomic E-state index is 12.9. The zero-order chi connectivity index (χ0) is 29.3. The molecule has 208 valence electrons. The summed E-state index contributed by atoms with van der Waals surface area (Å²) in [6.45, 7) is 7.47. The normalized spacial score (nSPS) is 10.6. The van der Waals surface area contributed by atoms with Gasteiger partial charge >= 0.3 is 6.03 Å². The molecule has 0 spiro atoms. The lowest BCUT2D eigenvalue weighted by Gasteiger charge is -2.20. The third-order valence-corrected chi connectivity index (χ3v) is 7.40. The minimum absolute atomic E-state index is 0.0666. The van der Waals surface area contributed by atoms with Crippen molar-refractivity contribution in [2.75, 3.05) is 12.4 Å². The molecule has 5 aromatic rings. The van der Waals surface area contributed by atoms with Crippen LogP contribution in [-0.2, 0) is 5.75 Å². The van der Waals surface area contributed by atoms with Crippen LogP contribution in [-0.4, -0.2) is 23.1 Å². The highest BCUT2D eigenvalue weighted by Crippen LogP contribution is 2.30. The smallest absolute Gasteiger partial charge is 0.319 e. The Morgan fingerprint density at radius 3 is 2.24 bits per heavy atom. The van der Waals surface area contributed by atoms with Crippen LogP contribution < -0.4 is 20.9 Å². The van der Waals surface area contributed by atoms with Gasteiger partial charge in [-0.15, -0.1) is 0 Å². The van der Waals surface area contributed by atoms with Gasteiger partial charge in [0.25, 0.3) is 11.2 Å². The summed E-state index contributed by atoms with van der Waals surface area (Å²) in [7, 11) is 1.56. The monoisotopic (exact) mass is 573 g/mol. The second kappa shape index (κ2) is 13.4. The molecule has 9 heteroatoms. The van der Waals surface area contributed by atoms with E-state index >= 15 is 0 Å². The number of hydrogen-bond donors (Lipinski definition) is 3. The van der Waals surface area contributed by atoms with Gasteiger partial charge in [-0.3, -0.25) is 4.79 Å². The Balaban J connectivity index is 1.25. The van der Waals surface area contributed by atoms with E-state index < -0.39 is 5.56 Å². The van der Waals surface area contributed by atoms with Crippen molar-refractivity contribution in [3.63, 3.8) is 0 Å². The van der Waals surface area contributed by atoms with E-state index in [1.165, 1.54) is 11.8 Å². The van der Waals surface area contributed by atoms with E-state index in [0.717, 1.165) is 16.7 Å². The van der Waals surface area contributed by atoms with Crippen LogP contribution in [0, 0.1) is 6.57 Å². The molecular weight excluding hydrogens is 546 g/mol. The van der Waals surface area contributed by atoms with Gasteiger partial charge in [-0.05, 0) is 46.5 Å². The van der Waals surface area contributed by atoms with Crippen LogP contribution in [0.25, 0.3) is 16.1 Å². The Labute approximate surface area is 247 Å². The number of thioether (sulfide) groups is 1. The molecule has 5 rings (SSSR count). The predicted octanol–water partition coefficient (Wildman–Crippen LogP) is 7.20. The topological polar surface area (TPSA) is 100 Å². The van der Waals surface area contributed by atoms with Gasteiger partial charge in [-0.1, -0.05) is 96.7 Å². The summed E-state index contributed by atoms with van der Waals surface area (Å²) >= 11 is 1.35. The molecule has 0 atom stereocenters. The first kappa shape index (κ1) is 28.2. The number of H-pyrrole nitrogens is 1. The van der Waals surface area contributed by atoms with Crippen LogP contribution in [0.1, 0.15) is 22.7 Å². The van der Waals surface area contributed by atoms with E-state index in [-0.39, 0.29) is 17.8 Å². The number of rotatable bonds is 9. The fourth-order valence-electron chi connectivity index (χ4n) is 4.37. The Morgan fingerprint density at radius 2 is 1.62 bits per heavy atom. The van der Waals surface area contributed by atoms with Gasteiger partial charge in [0.05, 0.1) is 25.4 Å². The summed E-state index contributed by atoms with van der Waals surface area (Å²) < 4.78 is 5.28. The molecule has 0 aliphatic heterocycles. The predicted molar refractivity (Wildman–Crippen MR) is 166 cm³/mol. The molecule has 0 saturated carbocycles. The number of nitrogens with one attached hydrogen (secondary N) is 3. The van der Waals surface area contributed by atoms with Gasteiger partial charge in [0.15, 0.2) is 5.16 Å². The maximum absolute atomic E-state index is 12.9. The fraction of sp³-hybridized carbons (Fsp3) is 0.0909. The molecule has 8 nitrogen and oxygen atoms in total. The van der Waals surface area contributed by atoms with Crippen molar-refractivity contribution < 1.29 is 9.53 Å². The first-order valence-corrected chi connectivity index (χ1v) is 14.1. The number of methoxy groups -OCH3 is 1. The summed E-state index contributed by atoms with van der Waals surface area (Å²) in [5.41, 5.74) is 3.97. The van der Waals surface area contributed by atoms with Gasteiger partial charge in [0, 0.05) is 11.4 Å². The number of urea groups is 1. The minimum Gasteiger partial charge on any atom is -0.497 e. The van der Waals surface area contributed by atoms with Crippen molar-refractivity contribution in [2.45, 2.75) is 17.0 Å². The molecule has 3 N–H and O–H groups in total. The Morgan fingerprint density at radius 1 is 0.952 bits per heavy atom. The fourth-order valence-corrected chi connectivity index (χ4v) is 5.19. The average Bonchev–Trinajstić information content (AvgIpc) is 3.04. The van der Waals surface area contributed by atoms with Crippen LogP contribution in [0.5, 0.6) is 5.75 Å². The Hall–Kier alpha value is -5.33. The molecular formula is C33H27N5O3S. The molecule has 1 heterocycles. The molecule has 0 fully saturated rings. The lowest BCUT2D eigenvalue weighted by Crippen LogP contribution is -2.33. The number of nitrogens with zero attached hydrogens (tertiary/aromatic N) is 2. The Bertz CT molecular complexity index is 1730.